The molecule has 0 spiro atoms. The lowest BCUT2D eigenvalue weighted by Gasteiger charge is -2.37. The second-order valence-electron chi connectivity index (χ2n) is 7.52. The van der Waals surface area contributed by atoms with E-state index in [1.54, 1.807) is 7.11 Å². The number of ether oxygens (including phenoxy) is 1. The van der Waals surface area contributed by atoms with Crippen LogP contribution in [0.5, 0.6) is 0 Å². The van der Waals surface area contributed by atoms with Crippen molar-refractivity contribution in [2.75, 3.05) is 66.6 Å². The zero-order chi connectivity index (χ0) is 18.1. The van der Waals surface area contributed by atoms with E-state index in [0.29, 0.717) is 25.1 Å². The van der Waals surface area contributed by atoms with Crippen molar-refractivity contribution < 1.29 is 9.53 Å². The summed E-state index contributed by atoms with van der Waals surface area (Å²) < 4.78 is 4.95. The van der Waals surface area contributed by atoms with Crippen LogP contribution in [0.25, 0.3) is 0 Å². The quantitative estimate of drug-likeness (QED) is 0.247. The van der Waals surface area contributed by atoms with E-state index in [1.807, 2.05) is 7.05 Å². The molecular formula is C18H36IN5O2. The maximum absolute atomic E-state index is 11.9. The van der Waals surface area contributed by atoms with Gasteiger partial charge in [-0.2, -0.15) is 0 Å². The summed E-state index contributed by atoms with van der Waals surface area (Å²) in [5.74, 6) is 1.07. The number of carbonyl (C=O) groups excluding carboxylic acids is 1. The number of carbonyl (C=O) groups is 1. The van der Waals surface area contributed by atoms with Crippen LogP contribution >= 0.6 is 24.0 Å². The summed E-state index contributed by atoms with van der Waals surface area (Å²) in [6, 6.07) is 0. The first-order chi connectivity index (χ1) is 12.1. The molecule has 1 saturated carbocycles. The van der Waals surface area contributed by atoms with Crippen LogP contribution in [0.15, 0.2) is 4.99 Å². The first-order valence-electron chi connectivity index (χ1n) is 9.50. The molecule has 1 saturated heterocycles. The fourth-order valence-electron chi connectivity index (χ4n) is 3.70. The second kappa shape index (κ2) is 12.0. The van der Waals surface area contributed by atoms with Gasteiger partial charge in [-0.3, -0.25) is 14.7 Å². The number of methoxy groups -OCH3 is 1. The average molecular weight is 481 g/mol. The third kappa shape index (κ3) is 7.56. The highest BCUT2D eigenvalue weighted by molar-refractivity contribution is 14.0. The number of guanidine groups is 1. The summed E-state index contributed by atoms with van der Waals surface area (Å²) in [5, 5.41) is 6.45. The third-order valence-electron chi connectivity index (χ3n) is 5.36. The van der Waals surface area contributed by atoms with Crippen molar-refractivity contribution in [3.05, 3.63) is 0 Å². The number of hydrogen-bond donors (Lipinski definition) is 2. The molecule has 26 heavy (non-hydrogen) atoms. The molecule has 2 N–H and O–H groups in total. The molecule has 0 aromatic rings. The number of rotatable bonds is 7. The van der Waals surface area contributed by atoms with E-state index in [0.717, 1.165) is 38.7 Å². The van der Waals surface area contributed by atoms with E-state index in [2.05, 4.69) is 32.3 Å². The van der Waals surface area contributed by atoms with Crippen LogP contribution in [-0.4, -0.2) is 88.2 Å². The highest BCUT2D eigenvalue weighted by Crippen LogP contribution is 2.36. The van der Waals surface area contributed by atoms with Gasteiger partial charge < -0.3 is 20.3 Å². The molecule has 0 radical (unpaired) electrons. The highest BCUT2D eigenvalue weighted by atomic mass is 127. The topological polar surface area (TPSA) is 69.2 Å². The summed E-state index contributed by atoms with van der Waals surface area (Å²) in [6.45, 7) is 8.55. The minimum atomic E-state index is 0. The molecule has 0 aromatic heterocycles. The van der Waals surface area contributed by atoms with E-state index in [4.69, 9.17) is 4.74 Å². The molecule has 1 heterocycles. The normalized spacial score (nSPS) is 20.6. The van der Waals surface area contributed by atoms with Gasteiger partial charge in [-0.1, -0.05) is 19.8 Å². The van der Waals surface area contributed by atoms with Crippen molar-refractivity contribution in [2.24, 2.45) is 10.4 Å². The van der Waals surface area contributed by atoms with E-state index in [1.165, 1.54) is 25.7 Å². The molecule has 0 unspecified atom stereocenters. The Hall–Kier alpha value is -0.610. The molecule has 7 nitrogen and oxygen atoms in total. The summed E-state index contributed by atoms with van der Waals surface area (Å²) in [7, 11) is 3.49. The first kappa shape index (κ1) is 23.4. The number of amides is 1. The first-order valence-corrected chi connectivity index (χ1v) is 9.50. The standard InChI is InChI=1S/C18H35N5O2.HI/c1-18(6-4-5-7-18)15-21-17(19-2)23-11-9-22(10-12-23)14-16(24)20-8-13-25-3;/h4-15H2,1-3H3,(H,19,21)(H,20,24);1H. The number of hydrogen-bond acceptors (Lipinski definition) is 4. The number of halogens is 1. The van der Waals surface area contributed by atoms with Gasteiger partial charge in [0.1, 0.15) is 0 Å². The van der Waals surface area contributed by atoms with Gasteiger partial charge in [-0.15, -0.1) is 24.0 Å². The van der Waals surface area contributed by atoms with Crippen molar-refractivity contribution in [3.63, 3.8) is 0 Å². The van der Waals surface area contributed by atoms with Crippen LogP contribution in [0.2, 0.25) is 0 Å². The van der Waals surface area contributed by atoms with Crippen molar-refractivity contribution in [3.8, 4) is 0 Å². The van der Waals surface area contributed by atoms with Crippen LogP contribution in [0.3, 0.4) is 0 Å². The van der Waals surface area contributed by atoms with Gasteiger partial charge >= 0.3 is 0 Å². The predicted molar refractivity (Wildman–Crippen MR) is 116 cm³/mol. The van der Waals surface area contributed by atoms with Crippen LogP contribution in [0, 0.1) is 5.41 Å². The number of nitrogens with one attached hydrogen (secondary N) is 2. The molecule has 2 fully saturated rings. The Labute approximate surface area is 175 Å². The minimum absolute atomic E-state index is 0. The molecule has 1 aliphatic heterocycles. The molecule has 2 rings (SSSR count). The smallest absolute Gasteiger partial charge is 0.234 e. The molecule has 152 valence electrons. The Kier molecular flexibility index (Phi) is 10.8. The molecular weight excluding hydrogens is 445 g/mol. The van der Waals surface area contributed by atoms with E-state index >= 15 is 0 Å². The fourth-order valence-corrected chi connectivity index (χ4v) is 3.70. The molecule has 2 aliphatic rings. The Morgan fingerprint density at radius 2 is 1.81 bits per heavy atom. The maximum Gasteiger partial charge on any atom is 0.234 e. The van der Waals surface area contributed by atoms with Crippen LogP contribution < -0.4 is 10.6 Å². The van der Waals surface area contributed by atoms with Gasteiger partial charge in [-0.25, -0.2) is 0 Å². The van der Waals surface area contributed by atoms with Crippen LogP contribution in [0.4, 0.5) is 0 Å². The van der Waals surface area contributed by atoms with Crippen LogP contribution in [0.1, 0.15) is 32.6 Å². The maximum atomic E-state index is 11.9. The zero-order valence-corrected chi connectivity index (χ0v) is 18.9. The molecule has 0 atom stereocenters. The van der Waals surface area contributed by atoms with Gasteiger partial charge in [0.2, 0.25) is 5.91 Å². The van der Waals surface area contributed by atoms with Gasteiger partial charge in [-0.05, 0) is 18.3 Å². The van der Waals surface area contributed by atoms with Crippen molar-refractivity contribution in [1.82, 2.24) is 20.4 Å². The SMILES string of the molecule is CN=C(NCC1(C)CCCC1)N1CCN(CC(=O)NCCOC)CC1.I. The fraction of sp³-hybridized carbons (Fsp3) is 0.889. The monoisotopic (exact) mass is 481 g/mol. The Morgan fingerprint density at radius 3 is 2.38 bits per heavy atom. The molecule has 0 bridgehead atoms. The summed E-state index contributed by atoms with van der Waals surface area (Å²) in [4.78, 5) is 20.8. The molecule has 0 aromatic carbocycles. The third-order valence-corrected chi connectivity index (χ3v) is 5.36. The number of piperazine rings is 1. The highest BCUT2D eigenvalue weighted by Gasteiger charge is 2.29. The lowest BCUT2D eigenvalue weighted by Crippen LogP contribution is -2.54. The lowest BCUT2D eigenvalue weighted by molar-refractivity contribution is -0.122. The Bertz CT molecular complexity index is 447. The van der Waals surface area contributed by atoms with E-state index < -0.39 is 0 Å². The van der Waals surface area contributed by atoms with E-state index in [9.17, 15) is 4.79 Å². The minimum Gasteiger partial charge on any atom is -0.383 e. The van der Waals surface area contributed by atoms with Crippen molar-refractivity contribution in [2.45, 2.75) is 32.6 Å². The number of nitrogens with zero attached hydrogens (tertiary/aromatic N) is 3. The average Bonchev–Trinajstić information content (AvgIpc) is 3.04. The van der Waals surface area contributed by atoms with Gasteiger partial charge in [0, 0.05) is 53.4 Å². The van der Waals surface area contributed by atoms with Crippen LogP contribution in [-0.2, 0) is 9.53 Å². The summed E-state index contributed by atoms with van der Waals surface area (Å²) >= 11 is 0. The second-order valence-corrected chi connectivity index (χ2v) is 7.52. The summed E-state index contributed by atoms with van der Waals surface area (Å²) in [6.07, 6.45) is 5.32. The Balaban J connectivity index is 0.00000338. The predicted octanol–water partition coefficient (Wildman–Crippen LogP) is 1.14. The molecule has 1 aliphatic carbocycles. The van der Waals surface area contributed by atoms with Crippen molar-refractivity contribution in [1.29, 1.82) is 0 Å². The molecule has 8 heteroatoms. The van der Waals surface area contributed by atoms with Gasteiger partial charge in [0.15, 0.2) is 5.96 Å². The lowest BCUT2D eigenvalue weighted by atomic mass is 9.89. The van der Waals surface area contributed by atoms with E-state index in [-0.39, 0.29) is 29.9 Å². The zero-order valence-electron chi connectivity index (χ0n) is 16.6. The number of aliphatic imine (C=N–C) groups is 1. The van der Waals surface area contributed by atoms with Crippen molar-refractivity contribution >= 4 is 35.8 Å². The molecule has 1 amide bonds. The van der Waals surface area contributed by atoms with Gasteiger partial charge in [0.05, 0.1) is 13.2 Å². The van der Waals surface area contributed by atoms with Gasteiger partial charge in [0.25, 0.3) is 0 Å². The Morgan fingerprint density at radius 1 is 1.15 bits per heavy atom. The largest absolute Gasteiger partial charge is 0.383 e. The summed E-state index contributed by atoms with van der Waals surface area (Å²) in [5.41, 5.74) is 0.415.